The van der Waals surface area contributed by atoms with Gasteiger partial charge in [-0.2, -0.15) is 0 Å². The second-order valence-electron chi connectivity index (χ2n) is 4.09. The van der Waals surface area contributed by atoms with Crippen molar-refractivity contribution in [3.05, 3.63) is 33.8 Å². The van der Waals surface area contributed by atoms with E-state index in [2.05, 4.69) is 19.9 Å². The minimum absolute atomic E-state index is 0.389. The summed E-state index contributed by atoms with van der Waals surface area (Å²) in [6, 6.07) is 4.03. The van der Waals surface area contributed by atoms with Crippen molar-refractivity contribution in [2.45, 2.75) is 39.7 Å². The molecule has 0 spiro atoms. The van der Waals surface area contributed by atoms with Crippen LogP contribution < -0.4 is 0 Å². The maximum atomic E-state index is 9.55. The second kappa shape index (κ2) is 4.33. The quantitative estimate of drug-likeness (QED) is 0.790. The van der Waals surface area contributed by atoms with Crippen molar-refractivity contribution < 1.29 is 5.11 Å². The summed E-state index contributed by atoms with van der Waals surface area (Å²) in [4.78, 5) is 0. The lowest BCUT2D eigenvalue weighted by Gasteiger charge is -2.15. The van der Waals surface area contributed by atoms with Crippen molar-refractivity contribution >= 4 is 11.6 Å². The molecule has 1 aromatic carbocycles. The van der Waals surface area contributed by atoms with E-state index < -0.39 is 6.10 Å². The summed E-state index contributed by atoms with van der Waals surface area (Å²) in [5.41, 5.74) is 3.09. The summed E-state index contributed by atoms with van der Waals surface area (Å²) in [5.74, 6) is 0.389. The molecule has 1 unspecified atom stereocenters. The van der Waals surface area contributed by atoms with E-state index in [0.29, 0.717) is 10.9 Å². The van der Waals surface area contributed by atoms with Crippen LogP contribution in [0.5, 0.6) is 0 Å². The van der Waals surface area contributed by atoms with Gasteiger partial charge in [-0.15, -0.1) is 0 Å². The van der Waals surface area contributed by atoms with Gasteiger partial charge in [-0.25, -0.2) is 0 Å². The zero-order chi connectivity index (χ0) is 10.9. The van der Waals surface area contributed by atoms with Crippen LogP contribution in [0.4, 0.5) is 0 Å². The largest absolute Gasteiger partial charge is 0.389 e. The zero-order valence-corrected chi connectivity index (χ0v) is 9.89. The minimum atomic E-state index is -0.500. The van der Waals surface area contributed by atoms with Crippen LogP contribution in [0.15, 0.2) is 12.1 Å². The fourth-order valence-corrected chi connectivity index (χ4v) is 2.03. The first-order valence-corrected chi connectivity index (χ1v) is 5.29. The molecule has 2 heteroatoms. The highest BCUT2D eigenvalue weighted by Crippen LogP contribution is 2.32. The van der Waals surface area contributed by atoms with Gasteiger partial charge in [-0.05, 0) is 30.9 Å². The monoisotopic (exact) mass is 212 g/mol. The molecule has 0 heterocycles. The van der Waals surface area contributed by atoms with E-state index in [4.69, 9.17) is 11.6 Å². The molecule has 1 rings (SSSR count). The second-order valence-corrected chi connectivity index (χ2v) is 4.47. The zero-order valence-electron chi connectivity index (χ0n) is 9.13. The predicted molar refractivity (Wildman–Crippen MR) is 60.9 cm³/mol. The standard InChI is InChI=1S/C12H17ClO/c1-7(2)10-5-8(3)6-11(9(4)14)12(10)13/h5-7,9,14H,1-4H3. The van der Waals surface area contributed by atoms with Gasteiger partial charge < -0.3 is 5.11 Å². The van der Waals surface area contributed by atoms with Crippen LogP contribution in [0, 0.1) is 6.92 Å². The number of benzene rings is 1. The van der Waals surface area contributed by atoms with E-state index in [0.717, 1.165) is 16.7 Å². The molecule has 0 bridgehead atoms. The lowest BCUT2D eigenvalue weighted by Crippen LogP contribution is -1.99. The van der Waals surface area contributed by atoms with Crippen LogP contribution in [0.25, 0.3) is 0 Å². The van der Waals surface area contributed by atoms with Gasteiger partial charge in [0.05, 0.1) is 6.10 Å². The molecule has 1 atom stereocenters. The molecule has 0 aliphatic carbocycles. The Morgan fingerprint density at radius 2 is 1.64 bits per heavy atom. The van der Waals surface area contributed by atoms with Gasteiger partial charge in [-0.1, -0.05) is 43.1 Å². The molecule has 0 fully saturated rings. The molecule has 1 N–H and O–H groups in total. The average molecular weight is 213 g/mol. The van der Waals surface area contributed by atoms with E-state index in [1.165, 1.54) is 0 Å². The minimum Gasteiger partial charge on any atom is -0.389 e. The van der Waals surface area contributed by atoms with Gasteiger partial charge in [0.2, 0.25) is 0 Å². The van der Waals surface area contributed by atoms with E-state index in [1.807, 2.05) is 13.0 Å². The third-order valence-electron chi connectivity index (χ3n) is 2.35. The number of aliphatic hydroxyl groups is 1. The van der Waals surface area contributed by atoms with Crippen LogP contribution >= 0.6 is 11.6 Å². The summed E-state index contributed by atoms with van der Waals surface area (Å²) in [5, 5.41) is 10.3. The molecule has 0 saturated heterocycles. The Morgan fingerprint density at radius 1 is 1.14 bits per heavy atom. The first-order valence-electron chi connectivity index (χ1n) is 4.91. The van der Waals surface area contributed by atoms with E-state index in [-0.39, 0.29) is 0 Å². The van der Waals surface area contributed by atoms with Crippen LogP contribution in [-0.2, 0) is 0 Å². The van der Waals surface area contributed by atoms with Crippen molar-refractivity contribution in [3.63, 3.8) is 0 Å². The summed E-state index contributed by atoms with van der Waals surface area (Å²) in [6.45, 7) is 7.97. The molecule has 0 saturated carbocycles. The maximum Gasteiger partial charge on any atom is 0.0776 e. The molecular weight excluding hydrogens is 196 g/mol. The maximum absolute atomic E-state index is 9.55. The third-order valence-corrected chi connectivity index (χ3v) is 2.78. The van der Waals surface area contributed by atoms with Crippen molar-refractivity contribution in [1.29, 1.82) is 0 Å². The Bertz CT molecular complexity index is 300. The highest BCUT2D eigenvalue weighted by atomic mass is 35.5. The predicted octanol–water partition coefficient (Wildman–Crippen LogP) is 3.83. The molecule has 0 radical (unpaired) electrons. The highest BCUT2D eigenvalue weighted by molar-refractivity contribution is 6.32. The lowest BCUT2D eigenvalue weighted by atomic mass is 9.96. The van der Waals surface area contributed by atoms with Gasteiger partial charge >= 0.3 is 0 Å². The van der Waals surface area contributed by atoms with Gasteiger partial charge in [0.1, 0.15) is 0 Å². The number of halogens is 1. The lowest BCUT2D eigenvalue weighted by molar-refractivity contribution is 0.199. The molecule has 78 valence electrons. The molecule has 14 heavy (non-hydrogen) atoms. The molecule has 1 aromatic rings. The highest BCUT2D eigenvalue weighted by Gasteiger charge is 2.13. The van der Waals surface area contributed by atoms with Gasteiger partial charge in [0.25, 0.3) is 0 Å². The van der Waals surface area contributed by atoms with E-state index in [1.54, 1.807) is 6.92 Å². The summed E-state index contributed by atoms with van der Waals surface area (Å²) < 4.78 is 0. The number of hydrogen-bond donors (Lipinski definition) is 1. The molecule has 0 aliphatic rings. The summed E-state index contributed by atoms with van der Waals surface area (Å²) >= 11 is 6.21. The van der Waals surface area contributed by atoms with Crippen molar-refractivity contribution in [2.24, 2.45) is 0 Å². The summed E-state index contributed by atoms with van der Waals surface area (Å²) in [6.07, 6.45) is -0.500. The van der Waals surface area contributed by atoms with Crippen molar-refractivity contribution in [3.8, 4) is 0 Å². The molecule has 0 aliphatic heterocycles. The Hall–Kier alpha value is -0.530. The average Bonchev–Trinajstić information content (AvgIpc) is 2.07. The fraction of sp³-hybridized carbons (Fsp3) is 0.500. The fourth-order valence-electron chi connectivity index (χ4n) is 1.55. The third kappa shape index (κ3) is 2.28. The molecular formula is C12H17ClO. The SMILES string of the molecule is Cc1cc(C(C)C)c(Cl)c(C(C)O)c1. The Balaban J connectivity index is 3.32. The normalized spacial score (nSPS) is 13.4. The number of rotatable bonds is 2. The van der Waals surface area contributed by atoms with E-state index >= 15 is 0 Å². The van der Waals surface area contributed by atoms with Crippen LogP contribution in [0.1, 0.15) is 49.5 Å². The summed E-state index contributed by atoms with van der Waals surface area (Å²) in [7, 11) is 0. The van der Waals surface area contributed by atoms with Crippen LogP contribution in [0.2, 0.25) is 5.02 Å². The Labute approximate surface area is 90.7 Å². The van der Waals surface area contributed by atoms with Crippen LogP contribution in [0.3, 0.4) is 0 Å². The van der Waals surface area contributed by atoms with Crippen molar-refractivity contribution in [1.82, 2.24) is 0 Å². The Kier molecular flexibility index (Phi) is 3.57. The molecule has 0 amide bonds. The van der Waals surface area contributed by atoms with Gasteiger partial charge in [0.15, 0.2) is 0 Å². The first kappa shape index (κ1) is 11.5. The van der Waals surface area contributed by atoms with E-state index in [9.17, 15) is 5.11 Å². The number of aliphatic hydroxyl groups excluding tert-OH is 1. The topological polar surface area (TPSA) is 20.2 Å². The molecule has 0 aromatic heterocycles. The number of aryl methyl sites for hydroxylation is 1. The van der Waals surface area contributed by atoms with Crippen LogP contribution in [-0.4, -0.2) is 5.11 Å². The van der Waals surface area contributed by atoms with Crippen molar-refractivity contribution in [2.75, 3.05) is 0 Å². The van der Waals surface area contributed by atoms with Gasteiger partial charge in [-0.3, -0.25) is 0 Å². The molecule has 1 nitrogen and oxygen atoms in total. The Morgan fingerprint density at radius 3 is 2.07 bits per heavy atom. The number of hydrogen-bond acceptors (Lipinski definition) is 1. The smallest absolute Gasteiger partial charge is 0.0776 e. The first-order chi connectivity index (χ1) is 6.43. The van der Waals surface area contributed by atoms with Gasteiger partial charge in [0, 0.05) is 5.02 Å².